The molecule has 26 heavy (non-hydrogen) atoms. The summed E-state index contributed by atoms with van der Waals surface area (Å²) >= 11 is 0. The van der Waals surface area contributed by atoms with Gasteiger partial charge >= 0.3 is 6.03 Å². The average molecular weight is 356 g/mol. The highest BCUT2D eigenvalue weighted by Crippen LogP contribution is 2.34. The van der Waals surface area contributed by atoms with Crippen LogP contribution in [0.25, 0.3) is 0 Å². The molecule has 2 aliphatic rings. The number of rotatable bonds is 2. The molecule has 6 heteroatoms. The molecule has 6 nitrogen and oxygen atoms in total. The van der Waals surface area contributed by atoms with Gasteiger partial charge in [-0.25, -0.2) is 4.79 Å². The fraction of sp³-hybridized carbons (Fsp3) is 0.600. The van der Waals surface area contributed by atoms with E-state index in [-0.39, 0.29) is 17.5 Å². The summed E-state index contributed by atoms with van der Waals surface area (Å²) < 4.78 is 5.94. The molecule has 2 fully saturated rings. The summed E-state index contributed by atoms with van der Waals surface area (Å²) in [6.07, 6.45) is 2.04. The van der Waals surface area contributed by atoms with Crippen LogP contribution in [0.3, 0.4) is 0 Å². The van der Waals surface area contributed by atoms with Gasteiger partial charge in [0.25, 0.3) is 0 Å². The van der Waals surface area contributed by atoms with E-state index < -0.39 is 0 Å². The third-order valence-corrected chi connectivity index (χ3v) is 5.14. The Morgan fingerprint density at radius 2 is 2.19 bits per heavy atom. The van der Waals surface area contributed by atoms with Crippen molar-refractivity contribution in [1.29, 1.82) is 5.26 Å². The normalized spacial score (nSPS) is 23.6. The summed E-state index contributed by atoms with van der Waals surface area (Å²) in [7, 11) is 0. The Morgan fingerprint density at radius 1 is 1.35 bits per heavy atom. The lowest BCUT2D eigenvalue weighted by Gasteiger charge is -2.44. The van der Waals surface area contributed by atoms with Crippen molar-refractivity contribution < 1.29 is 9.53 Å². The Hall–Kier alpha value is -2.26. The number of ether oxygens (including phenoxy) is 1. The molecule has 3 rings (SSSR count). The van der Waals surface area contributed by atoms with Gasteiger partial charge in [0.05, 0.1) is 24.8 Å². The minimum Gasteiger partial charge on any atom is -0.379 e. The first-order chi connectivity index (χ1) is 12.5. The van der Waals surface area contributed by atoms with Crippen molar-refractivity contribution in [2.24, 2.45) is 5.41 Å². The molecular weight excluding hydrogens is 328 g/mol. The van der Waals surface area contributed by atoms with Crippen LogP contribution in [0.5, 0.6) is 0 Å². The lowest BCUT2D eigenvalue weighted by atomic mass is 9.80. The van der Waals surface area contributed by atoms with Crippen molar-refractivity contribution >= 4 is 11.7 Å². The molecular formula is C20H28N4O2. The molecule has 1 N–H and O–H groups in total. The van der Waals surface area contributed by atoms with Crippen molar-refractivity contribution in [3.05, 3.63) is 29.8 Å². The van der Waals surface area contributed by atoms with Crippen LogP contribution in [0.15, 0.2) is 24.3 Å². The van der Waals surface area contributed by atoms with Crippen molar-refractivity contribution in [2.75, 3.05) is 44.3 Å². The van der Waals surface area contributed by atoms with Gasteiger partial charge in [0.15, 0.2) is 0 Å². The van der Waals surface area contributed by atoms with E-state index in [0.29, 0.717) is 25.3 Å². The van der Waals surface area contributed by atoms with E-state index in [9.17, 15) is 10.1 Å². The fourth-order valence-electron chi connectivity index (χ4n) is 3.95. The van der Waals surface area contributed by atoms with E-state index in [0.717, 1.165) is 38.2 Å². The van der Waals surface area contributed by atoms with Crippen LogP contribution in [0.2, 0.25) is 0 Å². The largest absolute Gasteiger partial charge is 0.379 e. The zero-order chi connectivity index (χ0) is 18.6. The number of nitrogens with one attached hydrogen (secondary N) is 1. The van der Waals surface area contributed by atoms with Gasteiger partial charge in [-0.15, -0.1) is 0 Å². The van der Waals surface area contributed by atoms with Gasteiger partial charge in [-0.2, -0.15) is 5.26 Å². The molecule has 1 aromatic carbocycles. The van der Waals surface area contributed by atoms with Crippen LogP contribution in [0.1, 0.15) is 32.3 Å². The lowest BCUT2D eigenvalue weighted by Crippen LogP contribution is -2.55. The van der Waals surface area contributed by atoms with E-state index >= 15 is 0 Å². The summed E-state index contributed by atoms with van der Waals surface area (Å²) in [4.78, 5) is 16.7. The second-order valence-electron chi connectivity index (χ2n) is 7.77. The predicted octanol–water partition coefficient (Wildman–Crippen LogP) is 2.60. The number of anilines is 1. The predicted molar refractivity (Wildman–Crippen MR) is 101 cm³/mol. The van der Waals surface area contributed by atoms with Gasteiger partial charge in [0.2, 0.25) is 0 Å². The number of nitrogens with zero attached hydrogens (tertiary/aromatic N) is 3. The number of nitriles is 1. The summed E-state index contributed by atoms with van der Waals surface area (Å²) in [6.45, 7) is 8.45. The first kappa shape index (κ1) is 18.5. The van der Waals surface area contributed by atoms with E-state index in [2.05, 4.69) is 16.3 Å². The monoisotopic (exact) mass is 356 g/mol. The quantitative estimate of drug-likeness (QED) is 0.884. The first-order valence-corrected chi connectivity index (χ1v) is 9.40. The van der Waals surface area contributed by atoms with E-state index in [1.165, 1.54) is 0 Å². The maximum atomic E-state index is 12.5. The van der Waals surface area contributed by atoms with Crippen molar-refractivity contribution in [2.45, 2.75) is 32.7 Å². The first-order valence-electron chi connectivity index (χ1n) is 9.40. The van der Waals surface area contributed by atoms with Crippen molar-refractivity contribution in [3.63, 3.8) is 0 Å². The van der Waals surface area contributed by atoms with Crippen molar-refractivity contribution in [3.8, 4) is 6.07 Å². The second kappa shape index (κ2) is 7.96. The van der Waals surface area contributed by atoms with Crippen LogP contribution in [-0.2, 0) is 4.74 Å². The number of carbonyl (C=O) groups is 1. The Labute approximate surface area is 155 Å². The van der Waals surface area contributed by atoms with Crippen LogP contribution in [0.4, 0.5) is 10.5 Å². The van der Waals surface area contributed by atoms with Gasteiger partial charge in [0.1, 0.15) is 0 Å². The molecule has 140 valence electrons. The molecule has 2 saturated heterocycles. The number of benzene rings is 1. The standard InChI is InChI=1S/C20H28N4O2/c1-16(2)22-19(25)24-8-4-7-20(14-24)13-23(9-10-26-15-20)18-6-3-5-17(11-18)12-21/h3,5-6,11,16H,4,7-10,13-15H2,1-2H3,(H,22,25). The van der Waals surface area contributed by atoms with Crippen LogP contribution in [0, 0.1) is 16.7 Å². The maximum absolute atomic E-state index is 12.5. The molecule has 2 aliphatic heterocycles. The summed E-state index contributed by atoms with van der Waals surface area (Å²) in [5.41, 5.74) is 1.66. The smallest absolute Gasteiger partial charge is 0.317 e. The number of urea groups is 1. The molecule has 0 bridgehead atoms. The van der Waals surface area contributed by atoms with Crippen LogP contribution in [-0.4, -0.2) is 56.4 Å². The minimum absolute atomic E-state index is 0.0151. The molecule has 0 aromatic heterocycles. The molecule has 0 radical (unpaired) electrons. The Balaban J connectivity index is 1.77. The van der Waals surface area contributed by atoms with Gasteiger partial charge in [-0.05, 0) is 44.9 Å². The van der Waals surface area contributed by atoms with Crippen LogP contribution >= 0.6 is 0 Å². The van der Waals surface area contributed by atoms with Crippen molar-refractivity contribution in [1.82, 2.24) is 10.2 Å². The topological polar surface area (TPSA) is 68.6 Å². The highest BCUT2D eigenvalue weighted by atomic mass is 16.5. The highest BCUT2D eigenvalue weighted by Gasteiger charge is 2.40. The van der Waals surface area contributed by atoms with E-state index in [1.807, 2.05) is 43.0 Å². The number of hydrogen-bond donors (Lipinski definition) is 1. The van der Waals surface area contributed by atoms with E-state index in [1.54, 1.807) is 0 Å². The Bertz CT molecular complexity index is 685. The minimum atomic E-state index is -0.0638. The zero-order valence-electron chi connectivity index (χ0n) is 15.7. The number of likely N-dealkylation sites (tertiary alicyclic amines) is 1. The lowest BCUT2D eigenvalue weighted by molar-refractivity contribution is 0.0242. The Kier molecular flexibility index (Phi) is 5.67. The summed E-state index contributed by atoms with van der Waals surface area (Å²) in [6, 6.07) is 10.1. The third-order valence-electron chi connectivity index (χ3n) is 5.14. The molecule has 0 aliphatic carbocycles. The summed E-state index contributed by atoms with van der Waals surface area (Å²) in [5, 5.41) is 12.2. The number of carbonyl (C=O) groups excluding carboxylic acids is 1. The highest BCUT2D eigenvalue weighted by molar-refractivity contribution is 5.74. The zero-order valence-corrected chi connectivity index (χ0v) is 15.7. The molecule has 1 spiro atoms. The maximum Gasteiger partial charge on any atom is 0.317 e. The molecule has 0 saturated carbocycles. The van der Waals surface area contributed by atoms with Gasteiger partial charge < -0.3 is 19.9 Å². The summed E-state index contributed by atoms with van der Waals surface area (Å²) in [5.74, 6) is 0. The molecule has 1 atom stereocenters. The molecule has 1 aromatic rings. The SMILES string of the molecule is CC(C)NC(=O)N1CCCC2(COCCN(c3cccc(C#N)c3)C2)C1. The molecule has 2 heterocycles. The molecule has 2 amide bonds. The van der Waals surface area contributed by atoms with Gasteiger partial charge in [-0.3, -0.25) is 0 Å². The number of piperidine rings is 1. The molecule has 1 unspecified atom stereocenters. The number of hydrogen-bond acceptors (Lipinski definition) is 4. The fourth-order valence-corrected chi connectivity index (χ4v) is 3.95. The second-order valence-corrected chi connectivity index (χ2v) is 7.77. The van der Waals surface area contributed by atoms with Gasteiger partial charge in [-0.1, -0.05) is 6.07 Å². The number of amides is 2. The van der Waals surface area contributed by atoms with E-state index in [4.69, 9.17) is 4.74 Å². The third kappa shape index (κ3) is 4.28. The van der Waals surface area contributed by atoms with Gasteiger partial charge in [0, 0.05) is 43.3 Å². The van der Waals surface area contributed by atoms with Crippen LogP contribution < -0.4 is 10.2 Å². The average Bonchev–Trinajstić information content (AvgIpc) is 2.84. The Morgan fingerprint density at radius 3 is 2.96 bits per heavy atom.